The number of nitrogens with zero attached hydrogens (tertiary/aromatic N) is 1. The van der Waals surface area contributed by atoms with Gasteiger partial charge in [-0.2, -0.15) is 5.10 Å². The molecule has 0 bridgehead atoms. The molecule has 3 rings (SSSR count). The first kappa shape index (κ1) is 27.7. The van der Waals surface area contributed by atoms with Crippen molar-refractivity contribution in [1.29, 1.82) is 0 Å². The van der Waals surface area contributed by atoms with E-state index in [1.165, 1.54) is 12.3 Å². The number of ether oxygens (including phenoxy) is 4. The summed E-state index contributed by atoms with van der Waals surface area (Å²) >= 11 is 3.49. The zero-order valence-corrected chi connectivity index (χ0v) is 22.2. The van der Waals surface area contributed by atoms with E-state index in [1.54, 1.807) is 54.6 Å². The molecule has 9 heteroatoms. The third-order valence-electron chi connectivity index (χ3n) is 4.90. The molecular formula is C28H28BrFN2O5. The molecule has 0 fully saturated rings. The van der Waals surface area contributed by atoms with Gasteiger partial charge < -0.3 is 18.9 Å². The third-order valence-corrected chi connectivity index (χ3v) is 5.49. The molecule has 0 aliphatic heterocycles. The van der Waals surface area contributed by atoms with Gasteiger partial charge in [-0.05, 0) is 71.7 Å². The standard InChI is InChI=1S/C28H28BrFN2O5/c1-4-13-36-24-12-11-20(16-25(24)34-5-2)28(33)32-31-17-19-14-22(29)27(26(15-19)35-6-3)37-18-21-9-7-8-10-23(21)30/h4,7-12,14-17H,1,5-6,13,18H2,2-3H3,(H,32,33)/b31-17+. The largest absolute Gasteiger partial charge is 0.490 e. The Morgan fingerprint density at radius 1 is 1.00 bits per heavy atom. The van der Waals surface area contributed by atoms with Crippen LogP contribution in [0.25, 0.3) is 0 Å². The van der Waals surface area contributed by atoms with E-state index in [9.17, 15) is 9.18 Å². The van der Waals surface area contributed by atoms with Crippen molar-refractivity contribution >= 4 is 28.1 Å². The molecule has 0 unspecified atom stereocenters. The average Bonchev–Trinajstić information content (AvgIpc) is 2.88. The molecule has 0 heterocycles. The van der Waals surface area contributed by atoms with Crippen LogP contribution in [0.15, 0.2) is 76.8 Å². The van der Waals surface area contributed by atoms with Crippen molar-refractivity contribution in [2.75, 3.05) is 19.8 Å². The minimum atomic E-state index is -0.415. The van der Waals surface area contributed by atoms with Crippen LogP contribution in [0.4, 0.5) is 4.39 Å². The number of amides is 1. The first-order valence-corrected chi connectivity index (χ1v) is 12.4. The van der Waals surface area contributed by atoms with E-state index in [4.69, 9.17) is 18.9 Å². The average molecular weight is 571 g/mol. The lowest BCUT2D eigenvalue weighted by Gasteiger charge is -2.15. The van der Waals surface area contributed by atoms with E-state index in [1.807, 2.05) is 13.8 Å². The van der Waals surface area contributed by atoms with Crippen LogP contribution in [0.5, 0.6) is 23.0 Å². The lowest BCUT2D eigenvalue weighted by Crippen LogP contribution is -2.17. The SMILES string of the molecule is C=CCOc1ccc(C(=O)N/N=C/c2cc(Br)c(OCc3ccccc3F)c(OCC)c2)cc1OCC. The predicted molar refractivity (Wildman–Crippen MR) is 144 cm³/mol. The number of hydrogen-bond acceptors (Lipinski definition) is 6. The first-order valence-electron chi connectivity index (χ1n) is 11.6. The van der Waals surface area contributed by atoms with E-state index in [0.29, 0.717) is 64.0 Å². The molecule has 0 spiro atoms. The van der Waals surface area contributed by atoms with Gasteiger partial charge in [-0.15, -0.1) is 0 Å². The monoisotopic (exact) mass is 570 g/mol. The number of rotatable bonds is 13. The van der Waals surface area contributed by atoms with Gasteiger partial charge in [0.1, 0.15) is 19.0 Å². The maximum absolute atomic E-state index is 14.0. The van der Waals surface area contributed by atoms with Gasteiger partial charge in [0.2, 0.25) is 0 Å². The summed E-state index contributed by atoms with van der Waals surface area (Å²) in [5.74, 6) is 1.11. The quantitative estimate of drug-likeness (QED) is 0.148. The highest BCUT2D eigenvalue weighted by Crippen LogP contribution is 2.37. The molecule has 0 saturated heterocycles. The fraction of sp³-hybridized carbons (Fsp3) is 0.214. The highest BCUT2D eigenvalue weighted by atomic mass is 79.9. The molecule has 0 aliphatic rings. The maximum Gasteiger partial charge on any atom is 0.271 e. The van der Waals surface area contributed by atoms with Crippen LogP contribution in [0.1, 0.15) is 35.3 Å². The number of benzene rings is 3. The Hall–Kier alpha value is -3.85. The Balaban J connectivity index is 1.72. The fourth-order valence-corrected chi connectivity index (χ4v) is 3.82. The number of hydrazone groups is 1. The first-order chi connectivity index (χ1) is 18.0. The van der Waals surface area contributed by atoms with Gasteiger partial charge in [-0.1, -0.05) is 30.9 Å². The Bertz CT molecular complexity index is 1270. The summed E-state index contributed by atoms with van der Waals surface area (Å²) in [4.78, 5) is 12.6. The van der Waals surface area contributed by atoms with Crippen LogP contribution in [0.3, 0.4) is 0 Å². The Labute approximate surface area is 224 Å². The van der Waals surface area contributed by atoms with Gasteiger partial charge in [0.25, 0.3) is 5.91 Å². The van der Waals surface area contributed by atoms with Gasteiger partial charge in [0, 0.05) is 11.1 Å². The zero-order valence-electron chi connectivity index (χ0n) is 20.6. The van der Waals surface area contributed by atoms with E-state index in [0.717, 1.165) is 0 Å². The molecule has 1 amide bonds. The smallest absolute Gasteiger partial charge is 0.271 e. The molecular weight excluding hydrogens is 543 g/mol. The van der Waals surface area contributed by atoms with Crippen molar-refractivity contribution in [2.45, 2.75) is 20.5 Å². The van der Waals surface area contributed by atoms with E-state index >= 15 is 0 Å². The van der Waals surface area contributed by atoms with Gasteiger partial charge in [0.15, 0.2) is 23.0 Å². The number of hydrogen-bond donors (Lipinski definition) is 1. The van der Waals surface area contributed by atoms with Crippen LogP contribution in [-0.4, -0.2) is 31.9 Å². The summed E-state index contributed by atoms with van der Waals surface area (Å²) in [6, 6.07) is 14.8. The molecule has 0 radical (unpaired) electrons. The van der Waals surface area contributed by atoms with Crippen molar-refractivity contribution in [3.63, 3.8) is 0 Å². The number of carbonyl (C=O) groups is 1. The molecule has 1 N–H and O–H groups in total. The van der Waals surface area contributed by atoms with Crippen LogP contribution in [0.2, 0.25) is 0 Å². The molecule has 194 valence electrons. The highest BCUT2D eigenvalue weighted by Gasteiger charge is 2.14. The van der Waals surface area contributed by atoms with Crippen LogP contribution >= 0.6 is 15.9 Å². The summed E-state index contributed by atoms with van der Waals surface area (Å²) in [5.41, 5.74) is 3.95. The Kier molecular flexibility index (Phi) is 10.5. The second kappa shape index (κ2) is 14.0. The third kappa shape index (κ3) is 7.82. The molecule has 3 aromatic rings. The van der Waals surface area contributed by atoms with Crippen molar-refractivity contribution in [3.8, 4) is 23.0 Å². The second-order valence-corrected chi connectivity index (χ2v) is 8.39. The minimum Gasteiger partial charge on any atom is -0.490 e. The molecule has 0 saturated carbocycles. The summed E-state index contributed by atoms with van der Waals surface area (Å²) in [7, 11) is 0. The van der Waals surface area contributed by atoms with E-state index < -0.39 is 5.91 Å². The van der Waals surface area contributed by atoms with E-state index in [2.05, 4.69) is 33.0 Å². The van der Waals surface area contributed by atoms with Crippen molar-refractivity contribution in [2.24, 2.45) is 5.10 Å². The molecule has 0 atom stereocenters. The van der Waals surface area contributed by atoms with Crippen molar-refractivity contribution in [3.05, 3.63) is 94.2 Å². The number of halogens is 2. The normalized spacial score (nSPS) is 10.7. The van der Waals surface area contributed by atoms with E-state index in [-0.39, 0.29) is 12.4 Å². The van der Waals surface area contributed by atoms with Crippen LogP contribution < -0.4 is 24.4 Å². The lowest BCUT2D eigenvalue weighted by molar-refractivity contribution is 0.0954. The second-order valence-electron chi connectivity index (χ2n) is 7.54. The highest BCUT2D eigenvalue weighted by molar-refractivity contribution is 9.10. The summed E-state index contributed by atoms with van der Waals surface area (Å²) in [6.45, 7) is 8.50. The lowest BCUT2D eigenvalue weighted by atomic mass is 10.2. The van der Waals surface area contributed by atoms with Crippen molar-refractivity contribution < 1.29 is 28.1 Å². The number of carbonyl (C=O) groups excluding carboxylic acids is 1. The zero-order chi connectivity index (χ0) is 26.6. The topological polar surface area (TPSA) is 78.4 Å². The summed E-state index contributed by atoms with van der Waals surface area (Å²) < 4.78 is 37.3. The maximum atomic E-state index is 14.0. The fourth-order valence-electron chi connectivity index (χ4n) is 3.25. The number of nitrogens with one attached hydrogen (secondary N) is 1. The summed E-state index contributed by atoms with van der Waals surface area (Å²) in [6.07, 6.45) is 3.11. The summed E-state index contributed by atoms with van der Waals surface area (Å²) in [5, 5.41) is 4.07. The minimum absolute atomic E-state index is 0.0377. The van der Waals surface area contributed by atoms with Gasteiger partial charge in [-0.25, -0.2) is 9.82 Å². The predicted octanol–water partition coefficient (Wildman–Crippen LogP) is 6.29. The Morgan fingerprint density at radius 3 is 2.49 bits per heavy atom. The molecule has 0 aliphatic carbocycles. The van der Waals surface area contributed by atoms with Crippen LogP contribution in [-0.2, 0) is 6.61 Å². The molecule has 3 aromatic carbocycles. The molecule has 0 aromatic heterocycles. The van der Waals surface area contributed by atoms with Crippen molar-refractivity contribution in [1.82, 2.24) is 5.43 Å². The van der Waals surface area contributed by atoms with Crippen LogP contribution in [0, 0.1) is 5.82 Å². The molecule has 7 nitrogen and oxygen atoms in total. The van der Waals surface area contributed by atoms with Gasteiger partial charge in [0.05, 0.1) is 23.9 Å². The van der Waals surface area contributed by atoms with Gasteiger partial charge >= 0.3 is 0 Å². The molecule has 37 heavy (non-hydrogen) atoms. The van der Waals surface area contributed by atoms with Gasteiger partial charge in [-0.3, -0.25) is 4.79 Å². The Morgan fingerprint density at radius 2 is 1.76 bits per heavy atom.